The van der Waals surface area contributed by atoms with Gasteiger partial charge in [-0.25, -0.2) is 4.79 Å². The van der Waals surface area contributed by atoms with Crippen molar-refractivity contribution in [2.75, 3.05) is 7.11 Å². The van der Waals surface area contributed by atoms with E-state index >= 15 is 0 Å². The molecule has 19 heavy (non-hydrogen) atoms. The zero-order valence-corrected chi connectivity index (χ0v) is 10.5. The van der Waals surface area contributed by atoms with Crippen LogP contribution in [0.25, 0.3) is 0 Å². The lowest BCUT2D eigenvalue weighted by atomic mass is 10.1. The number of carbonyl (C=O) groups is 1. The Morgan fingerprint density at radius 3 is 2.26 bits per heavy atom. The molecule has 0 bridgehead atoms. The van der Waals surface area contributed by atoms with E-state index in [-0.39, 0.29) is 5.56 Å². The van der Waals surface area contributed by atoms with E-state index in [9.17, 15) is 4.79 Å². The maximum Gasteiger partial charge on any atom is 0.335 e. The predicted octanol–water partition coefficient (Wildman–Crippen LogP) is 2.97. The van der Waals surface area contributed by atoms with Crippen LogP contribution in [-0.4, -0.2) is 18.2 Å². The van der Waals surface area contributed by atoms with Crippen molar-refractivity contribution in [1.29, 1.82) is 0 Å². The number of ether oxygens (including phenoxy) is 2. The summed E-state index contributed by atoms with van der Waals surface area (Å²) in [6.07, 6.45) is 0. The number of rotatable bonds is 5. The third kappa shape index (κ3) is 3.25. The van der Waals surface area contributed by atoms with Crippen LogP contribution >= 0.6 is 0 Å². The van der Waals surface area contributed by atoms with Crippen molar-refractivity contribution in [3.8, 4) is 11.5 Å². The fourth-order valence-electron chi connectivity index (χ4n) is 1.64. The smallest absolute Gasteiger partial charge is 0.335 e. The van der Waals surface area contributed by atoms with Crippen LogP contribution in [0.1, 0.15) is 15.9 Å². The third-order valence-corrected chi connectivity index (χ3v) is 2.66. The summed E-state index contributed by atoms with van der Waals surface area (Å²) in [6.45, 7) is 0.361. The van der Waals surface area contributed by atoms with Gasteiger partial charge in [-0.2, -0.15) is 0 Å². The third-order valence-electron chi connectivity index (χ3n) is 2.66. The molecule has 2 aromatic carbocycles. The Hall–Kier alpha value is -2.49. The molecular formula is C15H14O4. The first-order valence-electron chi connectivity index (χ1n) is 5.79. The van der Waals surface area contributed by atoms with Crippen LogP contribution in [0, 0.1) is 0 Å². The van der Waals surface area contributed by atoms with Crippen molar-refractivity contribution in [3.05, 3.63) is 59.7 Å². The predicted molar refractivity (Wildman–Crippen MR) is 70.7 cm³/mol. The number of aromatic carboxylic acids is 1. The molecule has 4 heteroatoms. The molecule has 4 nitrogen and oxygen atoms in total. The minimum Gasteiger partial charge on any atom is -0.493 e. The number of hydrogen-bond donors (Lipinski definition) is 1. The molecule has 0 aromatic heterocycles. The number of methoxy groups -OCH3 is 1. The van der Waals surface area contributed by atoms with Crippen LogP contribution in [0.4, 0.5) is 0 Å². The summed E-state index contributed by atoms with van der Waals surface area (Å²) >= 11 is 0. The van der Waals surface area contributed by atoms with Gasteiger partial charge in [-0.1, -0.05) is 24.3 Å². The Balaban J connectivity index is 2.04. The minimum atomic E-state index is -0.933. The van der Waals surface area contributed by atoms with Crippen LogP contribution in [-0.2, 0) is 6.61 Å². The lowest BCUT2D eigenvalue weighted by Gasteiger charge is -2.10. The highest BCUT2D eigenvalue weighted by atomic mass is 16.5. The van der Waals surface area contributed by atoms with E-state index in [1.807, 2.05) is 24.3 Å². The quantitative estimate of drug-likeness (QED) is 0.895. The highest BCUT2D eigenvalue weighted by molar-refractivity contribution is 5.87. The second kappa shape index (κ2) is 5.91. The summed E-state index contributed by atoms with van der Waals surface area (Å²) in [4.78, 5) is 10.7. The average Bonchev–Trinajstić information content (AvgIpc) is 2.45. The van der Waals surface area contributed by atoms with Gasteiger partial charge >= 0.3 is 5.97 Å². The standard InChI is InChI=1S/C15H14O4/c1-18-13-4-2-3-5-14(13)19-10-11-6-8-12(9-7-11)15(16)17/h2-9H,10H2,1H3,(H,16,17). The maximum absolute atomic E-state index is 10.7. The van der Waals surface area contributed by atoms with Crippen molar-refractivity contribution < 1.29 is 19.4 Å². The van der Waals surface area contributed by atoms with Gasteiger partial charge in [0.2, 0.25) is 0 Å². The lowest BCUT2D eigenvalue weighted by Crippen LogP contribution is -1.99. The van der Waals surface area contributed by atoms with Crippen molar-refractivity contribution in [3.63, 3.8) is 0 Å². The van der Waals surface area contributed by atoms with Crippen LogP contribution in [0.15, 0.2) is 48.5 Å². The van der Waals surface area contributed by atoms with Crippen molar-refractivity contribution in [2.24, 2.45) is 0 Å². The topological polar surface area (TPSA) is 55.8 Å². The molecule has 0 fully saturated rings. The van der Waals surface area contributed by atoms with Crippen LogP contribution < -0.4 is 9.47 Å². The molecule has 0 amide bonds. The monoisotopic (exact) mass is 258 g/mol. The van der Waals surface area contributed by atoms with Gasteiger partial charge in [0, 0.05) is 0 Å². The molecule has 98 valence electrons. The van der Waals surface area contributed by atoms with E-state index in [0.29, 0.717) is 18.1 Å². The first-order chi connectivity index (χ1) is 9.20. The van der Waals surface area contributed by atoms with Gasteiger partial charge in [0.15, 0.2) is 11.5 Å². The summed E-state index contributed by atoms with van der Waals surface area (Å²) < 4.78 is 10.8. The van der Waals surface area contributed by atoms with Crippen LogP contribution in [0.2, 0.25) is 0 Å². The van der Waals surface area contributed by atoms with Crippen molar-refractivity contribution in [2.45, 2.75) is 6.61 Å². The Labute approximate surface area is 111 Å². The van der Waals surface area contributed by atoms with Crippen LogP contribution in [0.3, 0.4) is 0 Å². The summed E-state index contributed by atoms with van der Waals surface area (Å²) in [7, 11) is 1.59. The fourth-order valence-corrected chi connectivity index (χ4v) is 1.64. The zero-order valence-electron chi connectivity index (χ0n) is 10.5. The molecular weight excluding hydrogens is 244 g/mol. The van der Waals surface area contributed by atoms with Crippen molar-refractivity contribution in [1.82, 2.24) is 0 Å². The van der Waals surface area contributed by atoms with Crippen molar-refractivity contribution >= 4 is 5.97 Å². The fraction of sp³-hybridized carbons (Fsp3) is 0.133. The summed E-state index contributed by atoms with van der Waals surface area (Å²) in [6, 6.07) is 14.0. The van der Waals surface area contributed by atoms with E-state index in [1.165, 1.54) is 0 Å². The molecule has 0 aliphatic carbocycles. The molecule has 0 spiro atoms. The molecule has 0 radical (unpaired) electrons. The molecule has 0 saturated carbocycles. The van der Waals surface area contributed by atoms with E-state index < -0.39 is 5.97 Å². The maximum atomic E-state index is 10.7. The molecule has 0 aliphatic heterocycles. The molecule has 2 aromatic rings. The van der Waals surface area contributed by atoms with E-state index in [0.717, 1.165) is 5.56 Å². The average molecular weight is 258 g/mol. The summed E-state index contributed by atoms with van der Waals surface area (Å²) in [5, 5.41) is 8.80. The molecule has 0 saturated heterocycles. The molecule has 0 unspecified atom stereocenters. The summed E-state index contributed by atoms with van der Waals surface area (Å²) in [5.41, 5.74) is 1.16. The van der Waals surface area contributed by atoms with Gasteiger partial charge in [0.25, 0.3) is 0 Å². The highest BCUT2D eigenvalue weighted by Gasteiger charge is 2.04. The van der Waals surface area contributed by atoms with Gasteiger partial charge in [-0.05, 0) is 29.8 Å². The van der Waals surface area contributed by atoms with Gasteiger partial charge in [0.05, 0.1) is 12.7 Å². The van der Waals surface area contributed by atoms with Gasteiger partial charge < -0.3 is 14.6 Å². The SMILES string of the molecule is COc1ccccc1OCc1ccc(C(=O)O)cc1. The zero-order chi connectivity index (χ0) is 13.7. The van der Waals surface area contributed by atoms with Crippen LogP contribution in [0.5, 0.6) is 11.5 Å². The Kier molecular flexibility index (Phi) is 4.03. The Morgan fingerprint density at radius 2 is 1.68 bits per heavy atom. The van der Waals surface area contributed by atoms with E-state index in [1.54, 1.807) is 31.4 Å². The first kappa shape index (κ1) is 13.0. The Bertz CT molecular complexity index is 561. The normalized spacial score (nSPS) is 9.95. The molecule has 0 aliphatic rings. The minimum absolute atomic E-state index is 0.265. The number of para-hydroxylation sites is 2. The van der Waals surface area contributed by atoms with Gasteiger partial charge in [-0.3, -0.25) is 0 Å². The molecule has 0 atom stereocenters. The van der Waals surface area contributed by atoms with E-state index in [2.05, 4.69) is 0 Å². The second-order valence-electron chi connectivity index (χ2n) is 3.94. The molecule has 2 rings (SSSR count). The highest BCUT2D eigenvalue weighted by Crippen LogP contribution is 2.26. The number of carboxylic acids is 1. The number of benzene rings is 2. The Morgan fingerprint density at radius 1 is 1.05 bits per heavy atom. The number of carboxylic acid groups (broad SMARTS) is 1. The largest absolute Gasteiger partial charge is 0.493 e. The molecule has 1 N–H and O–H groups in total. The number of hydrogen-bond acceptors (Lipinski definition) is 3. The van der Waals surface area contributed by atoms with E-state index in [4.69, 9.17) is 14.6 Å². The molecule has 0 heterocycles. The van der Waals surface area contributed by atoms with Gasteiger partial charge in [-0.15, -0.1) is 0 Å². The second-order valence-corrected chi connectivity index (χ2v) is 3.94. The van der Waals surface area contributed by atoms with Gasteiger partial charge in [0.1, 0.15) is 6.61 Å². The summed E-state index contributed by atoms with van der Waals surface area (Å²) in [5.74, 6) is 0.397. The lowest BCUT2D eigenvalue weighted by molar-refractivity contribution is 0.0697. The first-order valence-corrected chi connectivity index (χ1v) is 5.79.